The average Bonchev–Trinajstić information content (AvgIpc) is 3.68. The number of amides is 2. The molecule has 7 nitrogen and oxygen atoms in total. The molecule has 202 valence electrons. The van der Waals surface area contributed by atoms with E-state index in [1.807, 2.05) is 24.3 Å². The van der Waals surface area contributed by atoms with Crippen LogP contribution in [0.5, 0.6) is 0 Å². The Morgan fingerprint density at radius 2 is 2.13 bits per heavy atom. The minimum Gasteiger partial charge on any atom is -0.380 e. The monoisotopic (exact) mass is 585 g/mol. The molecular weight excluding hydrogens is 561 g/mol. The predicted octanol–water partition coefficient (Wildman–Crippen LogP) is 6.07. The van der Waals surface area contributed by atoms with Crippen molar-refractivity contribution in [1.29, 1.82) is 0 Å². The van der Waals surface area contributed by atoms with E-state index in [0.29, 0.717) is 31.4 Å². The van der Waals surface area contributed by atoms with E-state index in [0.717, 1.165) is 32.3 Å². The summed E-state index contributed by atoms with van der Waals surface area (Å²) in [5.74, 6) is -1.30. The molecule has 0 bridgehead atoms. The quantitative estimate of drug-likeness (QED) is 0.241. The van der Waals surface area contributed by atoms with Crippen molar-refractivity contribution in [3.8, 4) is 0 Å². The number of fused-ring (bicyclic) bond motifs is 1. The van der Waals surface area contributed by atoms with Gasteiger partial charge in [0.1, 0.15) is 17.1 Å². The maximum Gasteiger partial charge on any atom is 0.257 e. The van der Waals surface area contributed by atoms with Gasteiger partial charge in [-0.2, -0.15) is 0 Å². The Morgan fingerprint density at radius 1 is 1.31 bits per heavy atom. The van der Waals surface area contributed by atoms with Gasteiger partial charge in [-0.1, -0.05) is 29.8 Å². The molecule has 1 N–H and O–H groups in total. The van der Waals surface area contributed by atoms with Crippen LogP contribution < -0.4 is 5.32 Å². The Morgan fingerprint density at radius 3 is 2.92 bits per heavy atom. The number of likely N-dealkylation sites (tertiary alicyclic amines) is 1. The van der Waals surface area contributed by atoms with Crippen LogP contribution in [0.3, 0.4) is 0 Å². The maximum atomic E-state index is 15.2. The third kappa shape index (κ3) is 5.89. The fourth-order valence-electron chi connectivity index (χ4n) is 4.70. The van der Waals surface area contributed by atoms with E-state index in [1.54, 1.807) is 23.6 Å². The number of ether oxygens (including phenoxy) is 1. The zero-order chi connectivity index (χ0) is 27.5. The molecule has 2 aromatic carbocycles. The van der Waals surface area contributed by atoms with Crippen molar-refractivity contribution in [2.75, 3.05) is 19.0 Å². The van der Waals surface area contributed by atoms with Gasteiger partial charge in [-0.05, 0) is 30.2 Å². The summed E-state index contributed by atoms with van der Waals surface area (Å²) in [5.41, 5.74) is 0.750. The fourth-order valence-corrected chi connectivity index (χ4v) is 6.93. The summed E-state index contributed by atoms with van der Waals surface area (Å²) in [6.07, 6.45) is 3.82. The number of aryl methyl sites for hydroxylation is 1. The van der Waals surface area contributed by atoms with Crippen molar-refractivity contribution >= 4 is 68.1 Å². The largest absolute Gasteiger partial charge is 0.380 e. The van der Waals surface area contributed by atoms with Crippen LogP contribution in [0, 0.1) is 5.82 Å². The second-order valence-corrected chi connectivity index (χ2v) is 11.7. The van der Waals surface area contributed by atoms with Crippen molar-refractivity contribution < 1.29 is 23.5 Å². The van der Waals surface area contributed by atoms with Gasteiger partial charge in [0.05, 0.1) is 34.8 Å². The van der Waals surface area contributed by atoms with Crippen LogP contribution >= 0.6 is 34.3 Å². The molecule has 1 saturated heterocycles. The molecule has 39 heavy (non-hydrogen) atoms. The first kappa shape index (κ1) is 27.4. The summed E-state index contributed by atoms with van der Waals surface area (Å²) in [6.45, 7) is 0.362. The number of carbonyl (C=O) groups is 3. The smallest absolute Gasteiger partial charge is 0.257 e. The van der Waals surface area contributed by atoms with E-state index < -0.39 is 5.82 Å². The number of hydrogen-bond donors (Lipinski definition) is 1. The number of aromatic nitrogens is 1. The Balaban J connectivity index is 1.31. The van der Waals surface area contributed by atoms with E-state index in [9.17, 15) is 14.4 Å². The molecule has 3 heterocycles. The fraction of sp³-hybridized carbons (Fsp3) is 0.286. The van der Waals surface area contributed by atoms with Crippen LogP contribution in [-0.4, -0.2) is 47.7 Å². The number of nitrogens with zero attached hydrogens (tertiary/aromatic N) is 2. The minimum absolute atomic E-state index is 0.134. The summed E-state index contributed by atoms with van der Waals surface area (Å²) >= 11 is 9.34. The SMILES string of the molecule is CO[C@H]1C[C@@H](c2ncc(CCC=O)s2)N(C(=O)Cc2cc(Cl)c(NC(=O)c3csc4ccccc34)cc2F)C1. The van der Waals surface area contributed by atoms with Crippen molar-refractivity contribution in [2.24, 2.45) is 0 Å². The zero-order valence-electron chi connectivity index (χ0n) is 21.0. The van der Waals surface area contributed by atoms with E-state index >= 15 is 4.39 Å². The molecule has 0 unspecified atom stereocenters. The molecule has 11 heteroatoms. The lowest BCUT2D eigenvalue weighted by atomic mass is 10.1. The lowest BCUT2D eigenvalue weighted by Crippen LogP contribution is -2.33. The number of hydrogen-bond acceptors (Lipinski definition) is 7. The highest BCUT2D eigenvalue weighted by molar-refractivity contribution is 7.17. The number of thiazole rings is 1. The number of methoxy groups -OCH3 is 1. The molecule has 2 amide bonds. The number of thiophene rings is 1. The van der Waals surface area contributed by atoms with Crippen LogP contribution in [-0.2, 0) is 27.2 Å². The highest BCUT2D eigenvalue weighted by atomic mass is 35.5. The number of rotatable bonds is 9. The molecule has 2 atom stereocenters. The molecule has 0 aliphatic carbocycles. The molecule has 1 fully saturated rings. The van der Waals surface area contributed by atoms with Gasteiger partial charge in [-0.25, -0.2) is 9.37 Å². The highest BCUT2D eigenvalue weighted by Gasteiger charge is 2.38. The van der Waals surface area contributed by atoms with Crippen molar-refractivity contribution in [3.63, 3.8) is 0 Å². The Kier molecular flexibility index (Phi) is 8.37. The number of carbonyl (C=O) groups excluding carboxylic acids is 3. The third-order valence-corrected chi connectivity index (χ3v) is 9.17. The molecule has 1 aliphatic heterocycles. The van der Waals surface area contributed by atoms with Crippen LogP contribution in [0.25, 0.3) is 10.1 Å². The topological polar surface area (TPSA) is 88.6 Å². The molecule has 4 aromatic rings. The molecule has 0 saturated carbocycles. The standard InChI is InChI=1S/C28H25ClFN3O4S2/c1-37-17-11-24(28-31-13-18(39-28)5-4-8-34)33(14-17)26(35)10-16-9-21(29)23(12-22(16)30)32-27(36)20-15-38-25-7-3-2-6-19(20)25/h2-3,6-9,12-13,15,17,24H,4-5,10-11,14H2,1H3,(H,32,36)/t17-,24-/m0/s1. The second-order valence-electron chi connectivity index (χ2n) is 9.23. The summed E-state index contributed by atoms with van der Waals surface area (Å²) in [6, 6.07) is 9.77. The van der Waals surface area contributed by atoms with Crippen molar-refractivity contribution in [3.05, 3.63) is 79.8 Å². The van der Waals surface area contributed by atoms with Gasteiger partial charge in [0.15, 0.2) is 0 Å². The van der Waals surface area contributed by atoms with E-state index in [-0.39, 0.29) is 46.7 Å². The number of benzene rings is 2. The first-order valence-electron chi connectivity index (χ1n) is 12.3. The number of halogens is 2. The summed E-state index contributed by atoms with van der Waals surface area (Å²) in [7, 11) is 1.60. The molecule has 0 radical (unpaired) electrons. The Hall–Kier alpha value is -3.18. The van der Waals surface area contributed by atoms with Crippen LogP contribution in [0.4, 0.5) is 10.1 Å². The minimum atomic E-state index is -0.636. The van der Waals surface area contributed by atoms with E-state index in [2.05, 4.69) is 10.3 Å². The maximum absolute atomic E-state index is 15.2. The third-order valence-electron chi connectivity index (χ3n) is 6.73. The lowest BCUT2D eigenvalue weighted by Gasteiger charge is -2.23. The first-order valence-corrected chi connectivity index (χ1v) is 14.4. The van der Waals surface area contributed by atoms with E-state index in [4.69, 9.17) is 16.3 Å². The molecule has 0 spiro atoms. The summed E-state index contributed by atoms with van der Waals surface area (Å²) in [5, 5.41) is 6.16. The van der Waals surface area contributed by atoms with Gasteiger partial charge in [0.25, 0.3) is 5.91 Å². The second kappa shape index (κ2) is 11.9. The van der Waals surface area contributed by atoms with E-state index in [1.165, 1.54) is 28.7 Å². The van der Waals surface area contributed by atoms with Gasteiger partial charge in [0, 0.05) is 53.0 Å². The Bertz CT molecular complexity index is 1540. The van der Waals surface area contributed by atoms with Gasteiger partial charge < -0.3 is 19.7 Å². The van der Waals surface area contributed by atoms with Gasteiger partial charge >= 0.3 is 0 Å². The molecule has 5 rings (SSSR count). The van der Waals surface area contributed by atoms with Crippen LogP contribution in [0.2, 0.25) is 5.02 Å². The number of anilines is 1. The van der Waals surface area contributed by atoms with Crippen LogP contribution in [0.15, 0.2) is 48.0 Å². The van der Waals surface area contributed by atoms with Crippen molar-refractivity contribution in [1.82, 2.24) is 9.88 Å². The molecule has 1 aliphatic rings. The van der Waals surface area contributed by atoms with Gasteiger partial charge in [-0.15, -0.1) is 22.7 Å². The normalized spacial score (nSPS) is 17.1. The molecular formula is C28H25ClFN3O4S2. The lowest BCUT2D eigenvalue weighted by molar-refractivity contribution is -0.131. The number of nitrogens with one attached hydrogen (secondary N) is 1. The summed E-state index contributed by atoms with van der Waals surface area (Å²) in [4.78, 5) is 44.1. The predicted molar refractivity (Wildman–Crippen MR) is 151 cm³/mol. The van der Waals surface area contributed by atoms with Crippen LogP contribution in [0.1, 0.15) is 44.7 Å². The Labute approximate surface area is 237 Å². The van der Waals surface area contributed by atoms with Gasteiger partial charge in [0.2, 0.25) is 5.91 Å². The van der Waals surface area contributed by atoms with Crippen molar-refractivity contribution in [2.45, 2.75) is 37.8 Å². The highest BCUT2D eigenvalue weighted by Crippen LogP contribution is 2.37. The first-order chi connectivity index (χ1) is 18.9. The average molecular weight is 586 g/mol. The molecule has 2 aromatic heterocycles. The number of aldehydes is 1. The summed E-state index contributed by atoms with van der Waals surface area (Å²) < 4.78 is 21.7. The van der Waals surface area contributed by atoms with Gasteiger partial charge in [-0.3, -0.25) is 9.59 Å². The zero-order valence-corrected chi connectivity index (χ0v) is 23.4.